The van der Waals surface area contributed by atoms with Crippen LogP contribution in [0.25, 0.3) is 0 Å². The molecule has 0 aromatic carbocycles. The number of terminal acetylenes is 1. The molecular formula is C12H16N2OS. The fraction of sp³-hybridized carbons (Fsp3) is 0.417. The highest BCUT2D eigenvalue weighted by atomic mass is 32.1. The predicted molar refractivity (Wildman–Crippen MR) is 67.2 cm³/mol. The van der Waals surface area contributed by atoms with E-state index in [1.165, 1.54) is 10.4 Å². The average molecular weight is 236 g/mol. The molecule has 0 radical (unpaired) electrons. The lowest BCUT2D eigenvalue weighted by atomic mass is 10.3. The predicted octanol–water partition coefficient (Wildman–Crippen LogP) is 1.24. The third-order valence-electron chi connectivity index (χ3n) is 2.28. The zero-order valence-corrected chi connectivity index (χ0v) is 10.4. The van der Waals surface area contributed by atoms with Gasteiger partial charge in [0.2, 0.25) is 5.91 Å². The Morgan fingerprint density at radius 3 is 3.00 bits per heavy atom. The molecule has 1 amide bonds. The van der Waals surface area contributed by atoms with Gasteiger partial charge in [0.1, 0.15) is 0 Å². The Morgan fingerprint density at radius 2 is 2.44 bits per heavy atom. The van der Waals surface area contributed by atoms with Crippen LogP contribution in [0.3, 0.4) is 0 Å². The molecule has 1 rings (SSSR count). The van der Waals surface area contributed by atoms with Gasteiger partial charge in [0, 0.05) is 11.9 Å². The second-order valence-corrected chi connectivity index (χ2v) is 4.58. The molecule has 4 heteroatoms. The van der Waals surface area contributed by atoms with Crippen LogP contribution in [-0.4, -0.2) is 30.9 Å². The zero-order valence-electron chi connectivity index (χ0n) is 9.62. The molecule has 0 aliphatic rings. The maximum Gasteiger partial charge on any atom is 0.236 e. The van der Waals surface area contributed by atoms with E-state index in [2.05, 4.69) is 24.2 Å². The normalized spacial score (nSPS) is 9.81. The first-order valence-corrected chi connectivity index (χ1v) is 5.94. The second kappa shape index (κ2) is 6.31. The van der Waals surface area contributed by atoms with Crippen LogP contribution in [0.15, 0.2) is 11.4 Å². The summed E-state index contributed by atoms with van der Waals surface area (Å²) in [6.07, 6.45) is 5.08. The van der Waals surface area contributed by atoms with Gasteiger partial charge in [-0.25, -0.2) is 0 Å². The third-order valence-corrected chi connectivity index (χ3v) is 3.29. The largest absolute Gasteiger partial charge is 0.340 e. The van der Waals surface area contributed by atoms with Gasteiger partial charge in [-0.05, 0) is 23.9 Å². The Kier molecular flexibility index (Phi) is 5.03. The highest BCUT2D eigenvalue weighted by Crippen LogP contribution is 2.16. The molecule has 0 bridgehead atoms. The summed E-state index contributed by atoms with van der Waals surface area (Å²) in [6.45, 7) is 3.45. The molecule has 0 spiro atoms. The molecular weight excluding hydrogens is 220 g/mol. The smallest absolute Gasteiger partial charge is 0.236 e. The van der Waals surface area contributed by atoms with Crippen LogP contribution in [0.4, 0.5) is 0 Å². The molecule has 16 heavy (non-hydrogen) atoms. The summed E-state index contributed by atoms with van der Waals surface area (Å²) in [6, 6.07) is 2.06. The first kappa shape index (κ1) is 12.8. The highest BCUT2D eigenvalue weighted by Gasteiger charge is 2.10. The van der Waals surface area contributed by atoms with Crippen LogP contribution in [0.5, 0.6) is 0 Å². The van der Waals surface area contributed by atoms with Crippen molar-refractivity contribution < 1.29 is 4.79 Å². The number of thiophene rings is 1. The molecule has 0 aliphatic carbocycles. The van der Waals surface area contributed by atoms with Crippen molar-refractivity contribution in [2.75, 3.05) is 20.1 Å². The van der Waals surface area contributed by atoms with E-state index in [9.17, 15) is 4.79 Å². The Balaban J connectivity index is 2.41. The molecule has 0 fully saturated rings. The Labute approximate surface area is 100 Å². The van der Waals surface area contributed by atoms with E-state index in [1.54, 1.807) is 23.3 Å². The van der Waals surface area contributed by atoms with Gasteiger partial charge in [0.15, 0.2) is 0 Å². The van der Waals surface area contributed by atoms with Crippen LogP contribution in [-0.2, 0) is 11.3 Å². The number of amides is 1. The van der Waals surface area contributed by atoms with Crippen LogP contribution in [0, 0.1) is 19.3 Å². The molecule has 0 saturated heterocycles. The van der Waals surface area contributed by atoms with Crippen molar-refractivity contribution in [3.8, 4) is 12.3 Å². The van der Waals surface area contributed by atoms with Crippen LogP contribution in [0.1, 0.15) is 10.4 Å². The lowest BCUT2D eigenvalue weighted by Gasteiger charge is -2.16. The lowest BCUT2D eigenvalue weighted by molar-refractivity contribution is -0.129. The SMILES string of the molecule is C#CCNCC(=O)N(C)Cc1sccc1C. The Hall–Kier alpha value is -1.31. The maximum atomic E-state index is 11.7. The third kappa shape index (κ3) is 3.69. The number of rotatable bonds is 5. The van der Waals surface area contributed by atoms with Crippen LogP contribution in [0.2, 0.25) is 0 Å². The molecule has 0 aliphatic heterocycles. The van der Waals surface area contributed by atoms with Gasteiger partial charge in [-0.3, -0.25) is 10.1 Å². The fourth-order valence-electron chi connectivity index (χ4n) is 1.25. The monoisotopic (exact) mass is 236 g/mol. The Bertz CT molecular complexity index is 392. The molecule has 0 unspecified atom stereocenters. The fourth-order valence-corrected chi connectivity index (χ4v) is 2.20. The molecule has 0 atom stereocenters. The molecule has 1 aromatic rings. The summed E-state index contributed by atoms with van der Waals surface area (Å²) in [5.74, 6) is 2.50. The van der Waals surface area contributed by atoms with Gasteiger partial charge in [-0.1, -0.05) is 5.92 Å². The van der Waals surface area contributed by atoms with Crippen LogP contribution < -0.4 is 5.32 Å². The van der Waals surface area contributed by atoms with E-state index >= 15 is 0 Å². The van der Waals surface area contributed by atoms with E-state index < -0.39 is 0 Å². The molecule has 1 heterocycles. The first-order valence-electron chi connectivity index (χ1n) is 5.06. The van der Waals surface area contributed by atoms with E-state index in [0.717, 1.165) is 0 Å². The van der Waals surface area contributed by atoms with Crippen molar-refractivity contribution in [1.82, 2.24) is 10.2 Å². The van der Waals surface area contributed by atoms with Crippen molar-refractivity contribution >= 4 is 17.2 Å². The van der Waals surface area contributed by atoms with Crippen molar-refractivity contribution in [3.63, 3.8) is 0 Å². The topological polar surface area (TPSA) is 32.3 Å². The number of likely N-dealkylation sites (N-methyl/N-ethyl adjacent to an activating group) is 1. The minimum absolute atomic E-state index is 0.0584. The number of nitrogens with one attached hydrogen (secondary N) is 1. The standard InChI is InChI=1S/C12H16N2OS/c1-4-6-13-8-12(15)14(3)9-11-10(2)5-7-16-11/h1,5,7,13H,6,8-9H2,2-3H3. The summed E-state index contributed by atoms with van der Waals surface area (Å²) in [5, 5.41) is 4.93. The summed E-state index contributed by atoms with van der Waals surface area (Å²) < 4.78 is 0. The van der Waals surface area contributed by atoms with Gasteiger partial charge in [-0.2, -0.15) is 0 Å². The number of carbonyl (C=O) groups is 1. The van der Waals surface area contributed by atoms with Gasteiger partial charge >= 0.3 is 0 Å². The number of hydrogen-bond acceptors (Lipinski definition) is 3. The molecule has 86 valence electrons. The molecule has 3 nitrogen and oxygen atoms in total. The number of aryl methyl sites for hydroxylation is 1. The van der Waals surface area contributed by atoms with Gasteiger partial charge in [-0.15, -0.1) is 17.8 Å². The van der Waals surface area contributed by atoms with E-state index in [4.69, 9.17) is 6.42 Å². The van der Waals surface area contributed by atoms with Gasteiger partial charge in [0.25, 0.3) is 0 Å². The average Bonchev–Trinajstić information content (AvgIpc) is 2.64. The van der Waals surface area contributed by atoms with E-state index in [0.29, 0.717) is 19.6 Å². The van der Waals surface area contributed by atoms with Crippen molar-refractivity contribution in [2.24, 2.45) is 0 Å². The number of hydrogen-bond donors (Lipinski definition) is 1. The summed E-state index contributed by atoms with van der Waals surface area (Å²) >= 11 is 1.68. The number of carbonyl (C=O) groups excluding carboxylic acids is 1. The van der Waals surface area contributed by atoms with Crippen LogP contribution >= 0.6 is 11.3 Å². The summed E-state index contributed by atoms with van der Waals surface area (Å²) in [5.41, 5.74) is 1.24. The highest BCUT2D eigenvalue weighted by molar-refractivity contribution is 7.10. The second-order valence-electron chi connectivity index (χ2n) is 3.58. The molecule has 0 saturated carbocycles. The zero-order chi connectivity index (χ0) is 12.0. The maximum absolute atomic E-state index is 11.7. The summed E-state index contributed by atoms with van der Waals surface area (Å²) in [4.78, 5) is 14.6. The summed E-state index contributed by atoms with van der Waals surface area (Å²) in [7, 11) is 1.80. The van der Waals surface area contributed by atoms with Gasteiger partial charge < -0.3 is 4.90 Å². The molecule has 1 N–H and O–H groups in total. The number of nitrogens with zero attached hydrogens (tertiary/aromatic N) is 1. The van der Waals surface area contributed by atoms with Gasteiger partial charge in [0.05, 0.1) is 19.6 Å². The quantitative estimate of drug-likeness (QED) is 0.616. The minimum atomic E-state index is 0.0584. The lowest BCUT2D eigenvalue weighted by Crippen LogP contribution is -2.35. The Morgan fingerprint density at radius 1 is 1.69 bits per heavy atom. The van der Waals surface area contributed by atoms with Crippen molar-refractivity contribution in [1.29, 1.82) is 0 Å². The minimum Gasteiger partial charge on any atom is -0.340 e. The first-order chi connectivity index (χ1) is 7.65. The van der Waals surface area contributed by atoms with E-state index in [-0.39, 0.29) is 5.91 Å². The van der Waals surface area contributed by atoms with Crippen molar-refractivity contribution in [2.45, 2.75) is 13.5 Å². The van der Waals surface area contributed by atoms with E-state index in [1.807, 2.05) is 5.38 Å². The molecule has 1 aromatic heterocycles. The van der Waals surface area contributed by atoms with Crippen molar-refractivity contribution in [3.05, 3.63) is 21.9 Å².